The molecule has 0 unspecified atom stereocenters. The third kappa shape index (κ3) is 5.96. The lowest BCUT2D eigenvalue weighted by atomic mass is 10.1. The quantitative estimate of drug-likeness (QED) is 0.748. The molecule has 0 saturated heterocycles. The van der Waals surface area contributed by atoms with Crippen molar-refractivity contribution in [2.45, 2.75) is 23.9 Å². The number of ether oxygens (including phenoxy) is 1. The highest BCUT2D eigenvalue weighted by Gasteiger charge is 2.19. The summed E-state index contributed by atoms with van der Waals surface area (Å²) in [4.78, 5) is 15.2. The summed E-state index contributed by atoms with van der Waals surface area (Å²) in [5, 5.41) is 0. The minimum Gasteiger partial charge on any atom is -0.496 e. The minimum atomic E-state index is -0.537. The van der Waals surface area contributed by atoms with E-state index in [2.05, 4.69) is 0 Å². The normalized spacial score (nSPS) is 11.4. The van der Waals surface area contributed by atoms with Gasteiger partial charge in [0.1, 0.15) is 5.75 Å². The van der Waals surface area contributed by atoms with Gasteiger partial charge in [0.15, 0.2) is 0 Å². The molecule has 2 rings (SSSR count). The molecule has 0 aliphatic rings. The molecule has 0 bridgehead atoms. The second-order valence-corrected chi connectivity index (χ2v) is 6.53. The van der Waals surface area contributed by atoms with Crippen molar-refractivity contribution in [1.29, 1.82) is 0 Å². The maximum Gasteiger partial charge on any atom is 0.239 e. The van der Waals surface area contributed by atoms with E-state index in [0.717, 1.165) is 21.8 Å². The summed E-state index contributed by atoms with van der Waals surface area (Å²) < 4.78 is 5.40. The molecule has 2 aromatic carbocycles. The van der Waals surface area contributed by atoms with Gasteiger partial charge in [-0.25, -0.2) is 0 Å². The van der Waals surface area contributed by atoms with Crippen molar-refractivity contribution >= 4 is 30.1 Å². The lowest BCUT2D eigenvalue weighted by molar-refractivity contribution is -0.131. The first-order valence-electron chi connectivity index (χ1n) is 7.80. The van der Waals surface area contributed by atoms with E-state index in [1.165, 1.54) is 0 Å². The van der Waals surface area contributed by atoms with Crippen LogP contribution in [0.15, 0.2) is 53.4 Å². The van der Waals surface area contributed by atoms with Crippen LogP contribution >= 0.6 is 24.2 Å². The van der Waals surface area contributed by atoms with Crippen LogP contribution < -0.4 is 10.5 Å². The number of amides is 1. The van der Waals surface area contributed by atoms with E-state index in [1.54, 1.807) is 30.8 Å². The Labute approximate surface area is 160 Å². The van der Waals surface area contributed by atoms with Gasteiger partial charge in [-0.1, -0.05) is 36.4 Å². The van der Waals surface area contributed by atoms with E-state index in [9.17, 15) is 4.79 Å². The number of likely N-dealkylation sites (N-methyl/N-ethyl adjacent to an activating group) is 1. The SMILES string of the molecule is COc1cc(CN(C)C(=O)[C@@H](N)Cc2ccccc2)ccc1SC.Cl. The zero-order valence-corrected chi connectivity index (χ0v) is 16.4. The Balaban J connectivity index is 0.00000312. The van der Waals surface area contributed by atoms with Crippen LogP contribution in [0.3, 0.4) is 0 Å². The van der Waals surface area contributed by atoms with Crippen LogP contribution in [0.5, 0.6) is 5.75 Å². The fourth-order valence-corrected chi connectivity index (χ4v) is 3.12. The monoisotopic (exact) mass is 380 g/mol. The first-order valence-corrected chi connectivity index (χ1v) is 9.03. The third-order valence-electron chi connectivity index (χ3n) is 3.86. The Morgan fingerprint density at radius 1 is 1.20 bits per heavy atom. The first-order chi connectivity index (χ1) is 11.5. The number of nitrogens with two attached hydrogens (primary N) is 1. The molecular weight excluding hydrogens is 356 g/mol. The lowest BCUT2D eigenvalue weighted by Crippen LogP contribution is -2.42. The molecule has 0 spiro atoms. The van der Waals surface area contributed by atoms with Crippen LogP contribution in [0.4, 0.5) is 0 Å². The van der Waals surface area contributed by atoms with E-state index in [-0.39, 0.29) is 18.3 Å². The molecule has 1 amide bonds. The number of carbonyl (C=O) groups excluding carboxylic acids is 1. The Kier molecular flexibility index (Phi) is 8.83. The highest BCUT2D eigenvalue weighted by atomic mass is 35.5. The molecule has 0 aromatic heterocycles. The number of benzene rings is 2. The zero-order chi connectivity index (χ0) is 17.5. The van der Waals surface area contributed by atoms with Crippen molar-refractivity contribution in [1.82, 2.24) is 4.90 Å². The van der Waals surface area contributed by atoms with E-state index in [1.807, 2.05) is 54.8 Å². The summed E-state index contributed by atoms with van der Waals surface area (Å²) in [6, 6.07) is 15.3. The Morgan fingerprint density at radius 2 is 1.88 bits per heavy atom. The number of hydrogen-bond acceptors (Lipinski definition) is 4. The van der Waals surface area contributed by atoms with Crippen molar-refractivity contribution in [3.8, 4) is 5.75 Å². The van der Waals surface area contributed by atoms with E-state index in [0.29, 0.717) is 13.0 Å². The topological polar surface area (TPSA) is 55.6 Å². The molecule has 0 aliphatic heterocycles. The molecule has 25 heavy (non-hydrogen) atoms. The summed E-state index contributed by atoms with van der Waals surface area (Å²) in [6.45, 7) is 0.506. The van der Waals surface area contributed by atoms with Crippen LogP contribution in [-0.2, 0) is 17.8 Å². The molecule has 4 nitrogen and oxygen atoms in total. The van der Waals surface area contributed by atoms with Crippen LogP contribution in [0.2, 0.25) is 0 Å². The number of carbonyl (C=O) groups is 1. The summed E-state index contributed by atoms with van der Waals surface area (Å²) in [5.41, 5.74) is 8.17. The van der Waals surface area contributed by atoms with Crippen LogP contribution in [0.1, 0.15) is 11.1 Å². The van der Waals surface area contributed by atoms with Crippen molar-refractivity contribution in [2.75, 3.05) is 20.4 Å². The molecule has 0 fully saturated rings. The van der Waals surface area contributed by atoms with E-state index in [4.69, 9.17) is 10.5 Å². The highest BCUT2D eigenvalue weighted by Crippen LogP contribution is 2.28. The number of thioether (sulfide) groups is 1. The van der Waals surface area contributed by atoms with Crippen molar-refractivity contribution in [3.05, 3.63) is 59.7 Å². The molecule has 1 atom stereocenters. The van der Waals surface area contributed by atoms with E-state index >= 15 is 0 Å². The average molecular weight is 381 g/mol. The van der Waals surface area contributed by atoms with Gasteiger partial charge in [-0.05, 0) is 35.9 Å². The third-order valence-corrected chi connectivity index (χ3v) is 4.64. The predicted molar refractivity (Wildman–Crippen MR) is 107 cm³/mol. The van der Waals surface area contributed by atoms with Gasteiger partial charge >= 0.3 is 0 Å². The largest absolute Gasteiger partial charge is 0.496 e. The van der Waals surface area contributed by atoms with Crippen LogP contribution in [-0.4, -0.2) is 37.3 Å². The Hall–Kier alpha value is -1.69. The standard InChI is InChI=1S/C19H24N2O2S.ClH/c1-21(13-15-9-10-18(24-3)17(12-15)23-2)19(22)16(20)11-14-7-5-4-6-8-14;/h4-10,12,16H,11,13,20H2,1-3H3;1H/t16-;/m0./s1. The molecule has 2 N–H and O–H groups in total. The number of hydrogen-bond donors (Lipinski definition) is 1. The molecule has 0 saturated carbocycles. The van der Waals surface area contributed by atoms with Gasteiger partial charge in [-0.3, -0.25) is 4.79 Å². The second kappa shape index (κ2) is 10.3. The van der Waals surface area contributed by atoms with Crippen molar-refractivity contribution in [2.24, 2.45) is 5.73 Å². The van der Waals surface area contributed by atoms with Gasteiger partial charge in [0.2, 0.25) is 5.91 Å². The fourth-order valence-electron chi connectivity index (χ4n) is 2.57. The average Bonchev–Trinajstić information content (AvgIpc) is 2.61. The Bertz CT molecular complexity index is 682. The summed E-state index contributed by atoms with van der Waals surface area (Å²) in [7, 11) is 3.44. The van der Waals surface area contributed by atoms with E-state index < -0.39 is 6.04 Å². The highest BCUT2D eigenvalue weighted by molar-refractivity contribution is 7.98. The molecule has 2 aromatic rings. The first kappa shape index (κ1) is 21.4. The predicted octanol–water partition coefficient (Wildman–Crippen LogP) is 3.37. The van der Waals surface area contributed by atoms with Crippen molar-refractivity contribution < 1.29 is 9.53 Å². The van der Waals surface area contributed by atoms with Gasteiger partial charge in [-0.15, -0.1) is 24.2 Å². The zero-order valence-electron chi connectivity index (χ0n) is 14.8. The summed E-state index contributed by atoms with van der Waals surface area (Å²) in [5.74, 6) is 0.765. The number of methoxy groups -OCH3 is 1. The number of nitrogens with zero attached hydrogens (tertiary/aromatic N) is 1. The number of halogens is 1. The molecule has 0 aliphatic carbocycles. The van der Waals surface area contributed by atoms with Gasteiger partial charge in [-0.2, -0.15) is 0 Å². The van der Waals surface area contributed by atoms with Gasteiger partial charge in [0.25, 0.3) is 0 Å². The smallest absolute Gasteiger partial charge is 0.239 e. The summed E-state index contributed by atoms with van der Waals surface area (Å²) >= 11 is 1.63. The summed E-state index contributed by atoms with van der Waals surface area (Å²) in [6.07, 6.45) is 2.55. The van der Waals surface area contributed by atoms with Gasteiger partial charge in [0.05, 0.1) is 13.2 Å². The lowest BCUT2D eigenvalue weighted by Gasteiger charge is -2.22. The Morgan fingerprint density at radius 3 is 2.48 bits per heavy atom. The van der Waals surface area contributed by atoms with Gasteiger partial charge in [0, 0.05) is 18.5 Å². The molecule has 0 heterocycles. The van der Waals surface area contributed by atoms with Gasteiger partial charge < -0.3 is 15.4 Å². The van der Waals surface area contributed by atoms with Crippen LogP contribution in [0, 0.1) is 0 Å². The second-order valence-electron chi connectivity index (χ2n) is 5.68. The maximum atomic E-state index is 12.5. The fraction of sp³-hybridized carbons (Fsp3) is 0.316. The maximum absolute atomic E-state index is 12.5. The minimum absolute atomic E-state index is 0. The molecule has 136 valence electrons. The van der Waals surface area contributed by atoms with Crippen LogP contribution in [0.25, 0.3) is 0 Å². The molecule has 6 heteroatoms. The molecular formula is C19H25ClN2O2S. The number of rotatable bonds is 7. The van der Waals surface area contributed by atoms with Crippen molar-refractivity contribution in [3.63, 3.8) is 0 Å². The molecule has 0 radical (unpaired) electrons.